The zero-order chi connectivity index (χ0) is 5.28. The average Bonchev–Trinajstić information content (AvgIpc) is 1.91. The van der Waals surface area contributed by atoms with Gasteiger partial charge in [-0.25, -0.2) is 5.10 Å². The van der Waals surface area contributed by atoms with Crippen LogP contribution in [0.2, 0.25) is 0 Å². The molecule has 1 N–H and O–H groups in total. The van der Waals surface area contributed by atoms with Gasteiger partial charge in [0.05, 0.1) is 0 Å². The van der Waals surface area contributed by atoms with E-state index in [0.717, 1.165) is 0 Å². The van der Waals surface area contributed by atoms with Crippen LogP contribution in [0.3, 0.4) is 0 Å². The molecule has 0 aliphatic heterocycles. The van der Waals surface area contributed by atoms with Gasteiger partial charge in [-0.2, -0.15) is 4.39 Å². The average molecular weight is 213 g/mol. The summed E-state index contributed by atoms with van der Waals surface area (Å²) in [6.07, 6.45) is 0. The van der Waals surface area contributed by atoms with Crippen molar-refractivity contribution in [2.75, 3.05) is 0 Å². The second-order valence-corrected chi connectivity index (χ2v) is 1.94. The van der Waals surface area contributed by atoms with E-state index in [9.17, 15) is 4.39 Å². The number of aromatic amines is 1. The first-order valence-corrected chi connectivity index (χ1v) is 2.60. The van der Waals surface area contributed by atoms with E-state index in [1.54, 1.807) is 22.6 Å². The summed E-state index contributed by atoms with van der Waals surface area (Å²) in [6, 6.07) is 0. The number of rotatable bonds is 0. The topological polar surface area (TPSA) is 41.6 Å². The quantitative estimate of drug-likeness (QED) is 0.639. The first-order valence-electron chi connectivity index (χ1n) is 1.53. The molecule has 1 aromatic heterocycles. The second-order valence-electron chi connectivity index (χ2n) is 0.917. The molecule has 0 fully saturated rings. The molecule has 1 heterocycles. The van der Waals surface area contributed by atoms with E-state index in [4.69, 9.17) is 0 Å². The van der Waals surface area contributed by atoms with Gasteiger partial charge >= 0.3 is 0 Å². The minimum atomic E-state index is -0.472. The van der Waals surface area contributed by atoms with Crippen molar-refractivity contribution in [3.63, 3.8) is 0 Å². The molecule has 0 unspecified atom stereocenters. The van der Waals surface area contributed by atoms with Crippen LogP contribution in [-0.4, -0.2) is 15.4 Å². The van der Waals surface area contributed by atoms with Gasteiger partial charge in [0.1, 0.15) is 0 Å². The normalized spacial score (nSPS) is 9.43. The Hall–Kier alpha value is -0.200. The van der Waals surface area contributed by atoms with Crippen molar-refractivity contribution in [1.29, 1.82) is 0 Å². The molecule has 0 bridgehead atoms. The Morgan fingerprint density at radius 3 is 2.57 bits per heavy atom. The Kier molecular flexibility index (Phi) is 1.22. The number of nitrogens with zero attached hydrogens (tertiary/aromatic N) is 2. The van der Waals surface area contributed by atoms with Crippen LogP contribution in [-0.2, 0) is 0 Å². The predicted octanol–water partition coefficient (Wildman–Crippen LogP) is 0.548. The number of halogens is 2. The Bertz CT molecular complexity index is 145. The van der Waals surface area contributed by atoms with E-state index in [-0.39, 0.29) is 3.70 Å². The standard InChI is InChI=1S/C2HFIN3/c3-1-2(4)6-7-5-1/h(H,5,6,7). The van der Waals surface area contributed by atoms with Gasteiger partial charge in [0.15, 0.2) is 3.70 Å². The van der Waals surface area contributed by atoms with Gasteiger partial charge in [-0.3, -0.25) is 0 Å². The number of hydrogen-bond donors (Lipinski definition) is 1. The molecule has 0 saturated heterocycles. The summed E-state index contributed by atoms with van der Waals surface area (Å²) in [5.41, 5.74) is 0. The summed E-state index contributed by atoms with van der Waals surface area (Å²) in [6.45, 7) is 0. The number of aromatic nitrogens is 3. The Balaban J connectivity index is 3.12. The third-order valence-corrected chi connectivity index (χ3v) is 1.16. The molecule has 0 aromatic carbocycles. The fraction of sp³-hybridized carbons (Fsp3) is 0. The summed E-state index contributed by atoms with van der Waals surface area (Å²) in [5.74, 6) is -0.472. The maximum Gasteiger partial charge on any atom is 0.242 e. The molecule has 0 spiro atoms. The fourth-order valence-corrected chi connectivity index (χ4v) is 0.431. The van der Waals surface area contributed by atoms with Gasteiger partial charge < -0.3 is 0 Å². The minimum Gasteiger partial charge on any atom is -0.232 e. The first kappa shape index (κ1) is 4.95. The van der Waals surface area contributed by atoms with Gasteiger partial charge in [0.2, 0.25) is 5.95 Å². The lowest BCUT2D eigenvalue weighted by atomic mass is 10.9. The van der Waals surface area contributed by atoms with Crippen molar-refractivity contribution in [2.24, 2.45) is 0 Å². The SMILES string of the molecule is Fc1[nH]nnc1I. The van der Waals surface area contributed by atoms with E-state index in [1.165, 1.54) is 0 Å². The summed E-state index contributed by atoms with van der Waals surface area (Å²) in [7, 11) is 0. The molecule has 3 nitrogen and oxygen atoms in total. The molecule has 0 amide bonds. The van der Waals surface area contributed by atoms with Crippen molar-refractivity contribution < 1.29 is 4.39 Å². The van der Waals surface area contributed by atoms with Crippen molar-refractivity contribution >= 4 is 22.6 Å². The van der Waals surface area contributed by atoms with Crippen LogP contribution in [0.4, 0.5) is 4.39 Å². The summed E-state index contributed by atoms with van der Waals surface area (Å²) in [4.78, 5) is 0. The first-order chi connectivity index (χ1) is 3.30. The third kappa shape index (κ3) is 0.872. The van der Waals surface area contributed by atoms with Crippen LogP contribution >= 0.6 is 22.6 Å². The van der Waals surface area contributed by atoms with Crippen molar-refractivity contribution in [2.45, 2.75) is 0 Å². The smallest absolute Gasteiger partial charge is 0.232 e. The van der Waals surface area contributed by atoms with Crippen LogP contribution in [0.15, 0.2) is 0 Å². The highest BCUT2D eigenvalue weighted by molar-refractivity contribution is 14.1. The molecular formula is C2HFIN3. The Morgan fingerprint density at radius 1 is 1.71 bits per heavy atom. The van der Waals surface area contributed by atoms with Gasteiger partial charge in [-0.1, -0.05) is 5.21 Å². The van der Waals surface area contributed by atoms with Crippen molar-refractivity contribution in [1.82, 2.24) is 15.4 Å². The lowest BCUT2D eigenvalue weighted by Gasteiger charge is -1.68. The zero-order valence-corrected chi connectivity index (χ0v) is 5.31. The molecule has 0 radical (unpaired) electrons. The molecule has 7 heavy (non-hydrogen) atoms. The third-order valence-electron chi connectivity index (χ3n) is 0.467. The van der Waals surface area contributed by atoms with Crippen LogP contribution in [0.25, 0.3) is 0 Å². The highest BCUT2D eigenvalue weighted by atomic mass is 127. The Morgan fingerprint density at radius 2 is 2.43 bits per heavy atom. The van der Waals surface area contributed by atoms with Gasteiger partial charge in [-0.15, -0.1) is 5.10 Å². The highest BCUT2D eigenvalue weighted by Gasteiger charge is 1.97. The number of H-pyrrole nitrogens is 1. The zero-order valence-electron chi connectivity index (χ0n) is 3.15. The summed E-state index contributed by atoms with van der Waals surface area (Å²) < 4.78 is 12.2. The maximum atomic E-state index is 11.9. The van der Waals surface area contributed by atoms with Crippen LogP contribution in [0, 0.1) is 9.65 Å². The van der Waals surface area contributed by atoms with Crippen LogP contribution in [0.5, 0.6) is 0 Å². The lowest BCUT2D eigenvalue weighted by molar-refractivity contribution is 0.573. The molecule has 38 valence electrons. The second kappa shape index (κ2) is 1.73. The molecule has 0 aliphatic rings. The molecule has 0 aliphatic carbocycles. The van der Waals surface area contributed by atoms with E-state index in [0.29, 0.717) is 0 Å². The molecule has 0 atom stereocenters. The largest absolute Gasteiger partial charge is 0.242 e. The predicted molar refractivity (Wildman–Crippen MR) is 29.1 cm³/mol. The number of hydrogen-bond acceptors (Lipinski definition) is 2. The minimum absolute atomic E-state index is 0.276. The van der Waals surface area contributed by atoms with E-state index in [2.05, 4.69) is 10.3 Å². The van der Waals surface area contributed by atoms with Crippen molar-refractivity contribution in [3.8, 4) is 0 Å². The van der Waals surface area contributed by atoms with E-state index >= 15 is 0 Å². The van der Waals surface area contributed by atoms with E-state index in [1.807, 2.05) is 5.10 Å². The molecule has 0 saturated carbocycles. The van der Waals surface area contributed by atoms with Crippen LogP contribution in [0.1, 0.15) is 0 Å². The van der Waals surface area contributed by atoms with Gasteiger partial charge in [0.25, 0.3) is 0 Å². The molecule has 1 aromatic rings. The highest BCUT2D eigenvalue weighted by Crippen LogP contribution is 1.99. The Labute approximate surface area is 52.4 Å². The van der Waals surface area contributed by atoms with Gasteiger partial charge in [0, 0.05) is 0 Å². The molecule has 1 rings (SSSR count). The fourth-order valence-electron chi connectivity index (χ4n) is 0.203. The van der Waals surface area contributed by atoms with Crippen molar-refractivity contribution in [3.05, 3.63) is 9.65 Å². The van der Waals surface area contributed by atoms with Gasteiger partial charge in [-0.05, 0) is 22.6 Å². The monoisotopic (exact) mass is 213 g/mol. The van der Waals surface area contributed by atoms with E-state index < -0.39 is 5.95 Å². The maximum absolute atomic E-state index is 11.9. The molecule has 5 heteroatoms. The van der Waals surface area contributed by atoms with Crippen LogP contribution < -0.4 is 0 Å². The summed E-state index contributed by atoms with van der Waals surface area (Å²) in [5, 5.41) is 8.52. The summed E-state index contributed by atoms with van der Waals surface area (Å²) >= 11 is 1.74. The number of nitrogens with one attached hydrogen (secondary N) is 1. The lowest BCUT2D eigenvalue weighted by Crippen LogP contribution is -1.72. The molecular weight excluding hydrogens is 212 g/mol.